The van der Waals surface area contributed by atoms with Gasteiger partial charge in [0.2, 0.25) is 0 Å². The van der Waals surface area contributed by atoms with E-state index in [0.29, 0.717) is 12.4 Å². The third-order valence-corrected chi connectivity index (χ3v) is 2.67. The molecule has 16 heavy (non-hydrogen) atoms. The first-order valence-corrected chi connectivity index (χ1v) is 5.30. The van der Waals surface area contributed by atoms with Crippen LogP contribution in [0.5, 0.6) is 0 Å². The first kappa shape index (κ1) is 10.8. The van der Waals surface area contributed by atoms with Crippen molar-refractivity contribution in [2.45, 2.75) is 18.9 Å². The van der Waals surface area contributed by atoms with Crippen molar-refractivity contribution >= 4 is 11.7 Å². The molecule has 1 aromatic heterocycles. The zero-order valence-corrected chi connectivity index (χ0v) is 8.97. The maximum atomic E-state index is 11.2. The molecule has 1 amide bonds. The molecule has 1 aliphatic rings. The molecule has 0 bridgehead atoms. The van der Waals surface area contributed by atoms with Crippen LogP contribution in [-0.4, -0.2) is 35.0 Å². The molecular weight excluding hydrogens is 206 g/mol. The van der Waals surface area contributed by atoms with Crippen LogP contribution < -0.4 is 16.4 Å². The second-order valence-corrected chi connectivity index (χ2v) is 3.94. The summed E-state index contributed by atoms with van der Waals surface area (Å²) in [6.45, 7) is 1.53. The Morgan fingerprint density at radius 3 is 2.88 bits per heavy atom. The largest absolute Gasteiger partial charge is 0.364 e. The third kappa shape index (κ3) is 2.11. The summed E-state index contributed by atoms with van der Waals surface area (Å²) >= 11 is 0. The lowest BCUT2D eigenvalue weighted by Gasteiger charge is -2.32. The number of carbonyl (C=O) groups is 1. The van der Waals surface area contributed by atoms with Gasteiger partial charge in [0.05, 0.1) is 0 Å². The number of anilines is 1. The number of hydrogen-bond acceptors (Lipinski definition) is 5. The van der Waals surface area contributed by atoms with Crippen molar-refractivity contribution in [1.82, 2.24) is 9.97 Å². The minimum atomic E-state index is -0.553. The third-order valence-electron chi connectivity index (χ3n) is 2.67. The van der Waals surface area contributed by atoms with Crippen LogP contribution in [0.15, 0.2) is 12.4 Å². The molecule has 1 unspecified atom stereocenters. The molecule has 2 heterocycles. The van der Waals surface area contributed by atoms with E-state index in [2.05, 4.69) is 9.97 Å². The molecule has 1 aliphatic heterocycles. The number of aromatic nitrogens is 2. The molecule has 1 saturated heterocycles. The summed E-state index contributed by atoms with van der Waals surface area (Å²) in [7, 11) is 0. The molecule has 0 radical (unpaired) electrons. The van der Waals surface area contributed by atoms with Crippen molar-refractivity contribution in [3.8, 4) is 0 Å². The Morgan fingerprint density at radius 1 is 1.44 bits per heavy atom. The van der Waals surface area contributed by atoms with Gasteiger partial charge in [-0.05, 0) is 12.8 Å². The summed E-state index contributed by atoms with van der Waals surface area (Å²) in [6.07, 6.45) is 5.02. The number of nitrogens with two attached hydrogens (primary N) is 2. The molecule has 0 aromatic carbocycles. The van der Waals surface area contributed by atoms with Gasteiger partial charge in [-0.1, -0.05) is 0 Å². The van der Waals surface area contributed by atoms with E-state index in [0.717, 1.165) is 19.4 Å². The Balaban J connectivity index is 2.28. The summed E-state index contributed by atoms with van der Waals surface area (Å²) in [6, 6.07) is 0.122. The molecule has 86 valence electrons. The highest BCUT2D eigenvalue weighted by molar-refractivity contribution is 5.95. The van der Waals surface area contributed by atoms with E-state index in [1.807, 2.05) is 4.90 Å². The number of hydrogen-bond donors (Lipinski definition) is 2. The molecule has 6 nitrogen and oxygen atoms in total. The molecule has 2 rings (SSSR count). The van der Waals surface area contributed by atoms with Crippen molar-refractivity contribution < 1.29 is 4.79 Å². The summed E-state index contributed by atoms with van der Waals surface area (Å²) in [5.41, 5.74) is 11.4. The molecule has 1 atom stereocenters. The molecule has 0 saturated carbocycles. The van der Waals surface area contributed by atoms with E-state index in [4.69, 9.17) is 11.5 Å². The van der Waals surface area contributed by atoms with Crippen molar-refractivity contribution in [2.24, 2.45) is 11.5 Å². The van der Waals surface area contributed by atoms with Crippen molar-refractivity contribution in [1.29, 1.82) is 0 Å². The topological polar surface area (TPSA) is 98.1 Å². The van der Waals surface area contributed by atoms with Gasteiger partial charge < -0.3 is 16.4 Å². The summed E-state index contributed by atoms with van der Waals surface area (Å²) < 4.78 is 0. The van der Waals surface area contributed by atoms with Crippen molar-refractivity contribution in [2.75, 3.05) is 18.0 Å². The quantitative estimate of drug-likeness (QED) is 0.701. The fourth-order valence-electron chi connectivity index (χ4n) is 1.94. The minimum absolute atomic E-state index is 0.122. The average Bonchev–Trinajstić information content (AvgIpc) is 2.29. The maximum Gasteiger partial charge on any atom is 0.271 e. The predicted molar refractivity (Wildman–Crippen MR) is 60.0 cm³/mol. The number of primary amides is 1. The fraction of sp³-hybridized carbons (Fsp3) is 0.500. The van der Waals surface area contributed by atoms with Crippen molar-refractivity contribution in [3.05, 3.63) is 18.1 Å². The molecule has 1 aromatic rings. The van der Waals surface area contributed by atoms with Crippen LogP contribution >= 0.6 is 0 Å². The maximum absolute atomic E-state index is 11.2. The van der Waals surface area contributed by atoms with Gasteiger partial charge in [0, 0.05) is 31.5 Å². The van der Waals surface area contributed by atoms with E-state index in [9.17, 15) is 4.79 Å². The Labute approximate surface area is 93.7 Å². The standard InChI is InChI=1S/C10H15N5O/c11-7-2-1-5-15(6-7)10-8(9(12)16)13-3-4-14-10/h3-4,7H,1-2,5-6,11H2,(H2,12,16). The zero-order valence-electron chi connectivity index (χ0n) is 8.97. The van der Waals surface area contributed by atoms with Crippen LogP contribution in [-0.2, 0) is 0 Å². The Bertz CT molecular complexity index is 395. The number of amides is 1. The highest BCUT2D eigenvalue weighted by atomic mass is 16.1. The van der Waals surface area contributed by atoms with Crippen LogP contribution in [0.25, 0.3) is 0 Å². The average molecular weight is 221 g/mol. The lowest BCUT2D eigenvalue weighted by molar-refractivity contribution is 0.0995. The summed E-state index contributed by atoms with van der Waals surface area (Å²) in [5, 5.41) is 0. The molecule has 0 spiro atoms. The molecule has 6 heteroatoms. The van der Waals surface area contributed by atoms with E-state index in [-0.39, 0.29) is 11.7 Å². The first-order valence-electron chi connectivity index (χ1n) is 5.30. The minimum Gasteiger partial charge on any atom is -0.364 e. The number of carbonyl (C=O) groups excluding carboxylic acids is 1. The van der Waals surface area contributed by atoms with Crippen LogP contribution in [0.1, 0.15) is 23.3 Å². The van der Waals surface area contributed by atoms with Gasteiger partial charge in [0.15, 0.2) is 11.5 Å². The molecule has 0 aliphatic carbocycles. The highest BCUT2D eigenvalue weighted by Crippen LogP contribution is 2.19. The Hall–Kier alpha value is -1.69. The number of nitrogens with zero attached hydrogens (tertiary/aromatic N) is 3. The second-order valence-electron chi connectivity index (χ2n) is 3.94. The van der Waals surface area contributed by atoms with Gasteiger partial charge in [0.25, 0.3) is 5.91 Å². The highest BCUT2D eigenvalue weighted by Gasteiger charge is 2.22. The van der Waals surface area contributed by atoms with Crippen molar-refractivity contribution in [3.63, 3.8) is 0 Å². The summed E-state index contributed by atoms with van der Waals surface area (Å²) in [5.74, 6) is -0.00704. The normalized spacial score (nSPS) is 20.8. The number of rotatable bonds is 2. The Morgan fingerprint density at radius 2 is 2.19 bits per heavy atom. The SMILES string of the molecule is NC(=O)c1nccnc1N1CCCC(N)C1. The monoisotopic (exact) mass is 221 g/mol. The lowest BCUT2D eigenvalue weighted by atomic mass is 10.1. The van der Waals surface area contributed by atoms with E-state index in [1.54, 1.807) is 6.20 Å². The van der Waals surface area contributed by atoms with E-state index >= 15 is 0 Å². The van der Waals surface area contributed by atoms with Crippen LogP contribution in [0.4, 0.5) is 5.82 Å². The summed E-state index contributed by atoms with van der Waals surface area (Å²) in [4.78, 5) is 21.3. The lowest BCUT2D eigenvalue weighted by Crippen LogP contribution is -2.44. The Kier molecular flexibility index (Phi) is 3.00. The van der Waals surface area contributed by atoms with Crippen LogP contribution in [0.2, 0.25) is 0 Å². The molecule has 4 N–H and O–H groups in total. The van der Waals surface area contributed by atoms with Gasteiger partial charge in [-0.3, -0.25) is 4.79 Å². The molecule has 1 fully saturated rings. The zero-order chi connectivity index (χ0) is 11.5. The van der Waals surface area contributed by atoms with Gasteiger partial charge in [-0.15, -0.1) is 0 Å². The second kappa shape index (κ2) is 4.44. The fourth-order valence-corrected chi connectivity index (χ4v) is 1.94. The van der Waals surface area contributed by atoms with E-state index in [1.165, 1.54) is 6.20 Å². The predicted octanol–water partition coefficient (Wildman–Crippen LogP) is -0.497. The van der Waals surface area contributed by atoms with Gasteiger partial charge >= 0.3 is 0 Å². The van der Waals surface area contributed by atoms with E-state index < -0.39 is 5.91 Å². The van der Waals surface area contributed by atoms with Gasteiger partial charge in [-0.2, -0.15) is 0 Å². The van der Waals surface area contributed by atoms with Crippen LogP contribution in [0.3, 0.4) is 0 Å². The van der Waals surface area contributed by atoms with Gasteiger partial charge in [0.1, 0.15) is 0 Å². The first-order chi connectivity index (χ1) is 7.68. The van der Waals surface area contributed by atoms with Gasteiger partial charge in [-0.25, -0.2) is 9.97 Å². The molecular formula is C10H15N5O. The smallest absolute Gasteiger partial charge is 0.271 e. The van der Waals surface area contributed by atoms with Crippen LogP contribution in [0, 0.1) is 0 Å². The number of piperidine rings is 1.